The Morgan fingerprint density at radius 1 is 1.11 bits per heavy atom. The molecule has 27 heavy (non-hydrogen) atoms. The number of benzene rings is 1. The van der Waals surface area contributed by atoms with Gasteiger partial charge in [0.05, 0.1) is 12.6 Å². The van der Waals surface area contributed by atoms with E-state index in [1.165, 1.54) is 0 Å². The molecule has 5 nitrogen and oxygen atoms in total. The third kappa shape index (κ3) is 7.64. The van der Waals surface area contributed by atoms with Crippen LogP contribution in [0, 0.1) is 6.92 Å². The topological polar surface area (TPSA) is 67.8 Å². The van der Waals surface area contributed by atoms with Crippen LogP contribution in [0.5, 0.6) is 0 Å². The lowest BCUT2D eigenvalue weighted by Crippen LogP contribution is -2.46. The molecule has 2 atom stereocenters. The lowest BCUT2D eigenvalue weighted by atomic mass is 10.0. The van der Waals surface area contributed by atoms with Crippen LogP contribution in [0.3, 0.4) is 0 Å². The summed E-state index contributed by atoms with van der Waals surface area (Å²) in [4.78, 5) is 12.3. The van der Waals surface area contributed by atoms with E-state index < -0.39 is 32.2 Å². The molecule has 0 fully saturated rings. The highest BCUT2D eigenvalue weighted by molar-refractivity contribution is 6.74. The van der Waals surface area contributed by atoms with E-state index in [9.17, 15) is 9.90 Å². The number of aliphatic hydroxyl groups is 1. The summed E-state index contributed by atoms with van der Waals surface area (Å²) in [6.07, 6.45) is -1.44. The summed E-state index contributed by atoms with van der Waals surface area (Å²) in [7, 11) is -2.01. The van der Waals surface area contributed by atoms with Crippen molar-refractivity contribution < 1.29 is 19.1 Å². The van der Waals surface area contributed by atoms with Crippen molar-refractivity contribution in [3.8, 4) is 0 Å². The average molecular weight is 396 g/mol. The van der Waals surface area contributed by atoms with E-state index in [2.05, 4.69) is 39.2 Å². The van der Waals surface area contributed by atoms with Gasteiger partial charge in [-0.05, 0) is 51.4 Å². The molecular formula is C21H37NO4Si. The predicted octanol–water partition coefficient (Wildman–Crippen LogP) is 4.94. The second kappa shape index (κ2) is 8.75. The number of ether oxygens (including phenoxy) is 1. The third-order valence-electron chi connectivity index (χ3n) is 4.91. The highest BCUT2D eigenvalue weighted by Crippen LogP contribution is 2.37. The van der Waals surface area contributed by atoms with Gasteiger partial charge >= 0.3 is 6.09 Å². The molecule has 0 saturated carbocycles. The van der Waals surface area contributed by atoms with Crippen LogP contribution < -0.4 is 5.32 Å². The Labute approximate surface area is 165 Å². The van der Waals surface area contributed by atoms with Crippen molar-refractivity contribution in [2.45, 2.75) is 84.3 Å². The molecule has 1 aromatic rings. The van der Waals surface area contributed by atoms with Crippen LogP contribution in [0.1, 0.15) is 58.7 Å². The van der Waals surface area contributed by atoms with Crippen LogP contribution in [-0.2, 0) is 9.16 Å². The van der Waals surface area contributed by atoms with Crippen molar-refractivity contribution in [2.75, 3.05) is 6.61 Å². The number of amides is 1. The number of hydrogen-bond donors (Lipinski definition) is 2. The van der Waals surface area contributed by atoms with Crippen molar-refractivity contribution in [1.82, 2.24) is 5.32 Å². The van der Waals surface area contributed by atoms with Crippen LogP contribution >= 0.6 is 0 Å². The first kappa shape index (κ1) is 23.7. The quantitative estimate of drug-likeness (QED) is 0.669. The number of alkyl carbamates (subject to hydrolysis) is 1. The molecule has 0 bridgehead atoms. The number of aliphatic hydroxyl groups excluding tert-OH is 1. The Kier molecular flexibility index (Phi) is 7.67. The Morgan fingerprint density at radius 2 is 1.63 bits per heavy atom. The zero-order valence-electron chi connectivity index (χ0n) is 18.3. The lowest BCUT2D eigenvalue weighted by Gasteiger charge is -2.37. The second-order valence-electron chi connectivity index (χ2n) is 9.67. The highest BCUT2D eigenvalue weighted by Gasteiger charge is 2.38. The van der Waals surface area contributed by atoms with Gasteiger partial charge in [0.25, 0.3) is 0 Å². The molecule has 0 radical (unpaired) electrons. The monoisotopic (exact) mass is 395 g/mol. The van der Waals surface area contributed by atoms with E-state index in [1.54, 1.807) is 0 Å². The fourth-order valence-electron chi connectivity index (χ4n) is 2.22. The fraction of sp³-hybridized carbons (Fsp3) is 0.667. The van der Waals surface area contributed by atoms with Gasteiger partial charge in [-0.2, -0.15) is 0 Å². The Morgan fingerprint density at radius 3 is 2.07 bits per heavy atom. The van der Waals surface area contributed by atoms with E-state index in [4.69, 9.17) is 9.16 Å². The summed E-state index contributed by atoms with van der Waals surface area (Å²) in [5, 5.41) is 13.7. The first-order valence-corrected chi connectivity index (χ1v) is 12.4. The van der Waals surface area contributed by atoms with Crippen LogP contribution in [0.2, 0.25) is 18.1 Å². The summed E-state index contributed by atoms with van der Waals surface area (Å²) in [6.45, 7) is 18.3. The maximum Gasteiger partial charge on any atom is 0.408 e. The van der Waals surface area contributed by atoms with Crippen LogP contribution in [0.25, 0.3) is 0 Å². The molecule has 1 rings (SSSR count). The Bertz CT molecular complexity index is 615. The molecule has 6 heteroatoms. The van der Waals surface area contributed by atoms with E-state index in [0.717, 1.165) is 11.1 Å². The minimum absolute atomic E-state index is 0.0463. The summed E-state index contributed by atoms with van der Waals surface area (Å²) in [6, 6.07) is 7.13. The smallest absolute Gasteiger partial charge is 0.408 e. The highest BCUT2D eigenvalue weighted by atomic mass is 28.4. The first-order chi connectivity index (χ1) is 12.1. The van der Waals surface area contributed by atoms with Gasteiger partial charge in [-0.3, -0.25) is 0 Å². The van der Waals surface area contributed by atoms with E-state index >= 15 is 0 Å². The maximum absolute atomic E-state index is 12.3. The van der Waals surface area contributed by atoms with Gasteiger partial charge in [0.15, 0.2) is 8.32 Å². The van der Waals surface area contributed by atoms with Gasteiger partial charge in [0.2, 0.25) is 0 Å². The second-order valence-corrected chi connectivity index (χ2v) is 14.5. The Balaban J connectivity index is 2.96. The van der Waals surface area contributed by atoms with Crippen LogP contribution in [0.15, 0.2) is 24.3 Å². The molecule has 154 valence electrons. The van der Waals surface area contributed by atoms with Gasteiger partial charge < -0.3 is 19.6 Å². The van der Waals surface area contributed by atoms with Gasteiger partial charge in [-0.1, -0.05) is 50.6 Å². The number of nitrogens with one attached hydrogen (secondary N) is 1. The van der Waals surface area contributed by atoms with Gasteiger partial charge in [0, 0.05) is 0 Å². The molecular weight excluding hydrogens is 358 g/mol. The molecule has 0 spiro atoms. The molecule has 0 aliphatic rings. The number of carbonyl (C=O) groups excluding carboxylic acids is 1. The van der Waals surface area contributed by atoms with Crippen LogP contribution in [-0.4, -0.2) is 37.8 Å². The average Bonchev–Trinajstić information content (AvgIpc) is 2.48. The minimum atomic E-state index is -2.01. The number of hydrogen-bond acceptors (Lipinski definition) is 4. The standard InChI is InChI=1S/C21H37NO4Si/c1-15-10-12-16(13-11-15)18(22-19(24)26-20(2,3)4)17(23)14-25-27(8,9)21(5,6)7/h10-13,17-18,23H,14H2,1-9H3,(H,22,24)/t17-,18+/m0/s1. The van der Waals surface area contributed by atoms with E-state index in [0.29, 0.717) is 0 Å². The SMILES string of the molecule is Cc1ccc([C@@H](NC(=O)OC(C)(C)C)[C@@H](O)CO[Si](C)(C)C(C)(C)C)cc1. The molecule has 0 aromatic heterocycles. The van der Waals surface area contributed by atoms with E-state index in [1.807, 2.05) is 52.0 Å². The summed E-state index contributed by atoms with van der Waals surface area (Å²) in [5.74, 6) is 0. The largest absolute Gasteiger partial charge is 0.444 e. The summed E-state index contributed by atoms with van der Waals surface area (Å²) >= 11 is 0. The van der Waals surface area contributed by atoms with Gasteiger partial charge in [-0.25, -0.2) is 4.79 Å². The number of aryl methyl sites for hydroxylation is 1. The predicted molar refractivity (Wildman–Crippen MR) is 112 cm³/mol. The molecule has 1 amide bonds. The van der Waals surface area contributed by atoms with Gasteiger partial charge in [-0.15, -0.1) is 0 Å². The van der Waals surface area contributed by atoms with Crippen molar-refractivity contribution in [3.05, 3.63) is 35.4 Å². The molecule has 0 unspecified atom stereocenters. The number of rotatable bonds is 6. The van der Waals surface area contributed by atoms with Gasteiger partial charge in [0.1, 0.15) is 11.7 Å². The third-order valence-corrected chi connectivity index (χ3v) is 9.42. The summed E-state index contributed by atoms with van der Waals surface area (Å²) < 4.78 is 11.5. The molecule has 2 N–H and O–H groups in total. The summed E-state index contributed by atoms with van der Waals surface area (Å²) in [5.41, 5.74) is 1.32. The van der Waals surface area contributed by atoms with Crippen molar-refractivity contribution in [3.63, 3.8) is 0 Å². The normalized spacial score (nSPS) is 15.2. The van der Waals surface area contributed by atoms with Crippen LogP contribution in [0.4, 0.5) is 4.79 Å². The fourth-order valence-corrected chi connectivity index (χ4v) is 3.24. The molecule has 0 aliphatic carbocycles. The molecule has 0 heterocycles. The lowest BCUT2D eigenvalue weighted by molar-refractivity contribution is 0.0330. The Hall–Kier alpha value is -1.37. The maximum atomic E-state index is 12.3. The van der Waals surface area contributed by atoms with E-state index in [-0.39, 0.29) is 11.6 Å². The first-order valence-electron chi connectivity index (χ1n) is 9.50. The molecule has 1 aromatic carbocycles. The molecule has 0 aliphatic heterocycles. The van der Waals surface area contributed by atoms with Crippen molar-refractivity contribution >= 4 is 14.4 Å². The van der Waals surface area contributed by atoms with Crippen molar-refractivity contribution in [1.29, 1.82) is 0 Å². The number of carbonyl (C=O) groups is 1. The zero-order valence-corrected chi connectivity index (χ0v) is 19.3. The van der Waals surface area contributed by atoms with Crippen molar-refractivity contribution in [2.24, 2.45) is 0 Å². The minimum Gasteiger partial charge on any atom is -0.444 e. The molecule has 0 saturated heterocycles. The zero-order chi connectivity index (χ0) is 21.0.